The van der Waals surface area contributed by atoms with Crippen molar-refractivity contribution in [2.24, 2.45) is 0 Å². The molecular weight excluding hydrogens is 521 g/mol. The number of benzene rings is 1. The van der Waals surface area contributed by atoms with E-state index in [1.807, 2.05) is 0 Å². The monoisotopic (exact) mass is 538 g/mol. The van der Waals surface area contributed by atoms with Gasteiger partial charge in [-0.3, -0.25) is 4.79 Å². The van der Waals surface area contributed by atoms with Crippen molar-refractivity contribution >= 4 is 28.8 Å². The van der Waals surface area contributed by atoms with Gasteiger partial charge in [0, 0.05) is 47.7 Å². The number of carbonyl (C=O) groups excluding carboxylic acids is 1. The lowest BCUT2D eigenvalue weighted by Gasteiger charge is -2.23. The van der Waals surface area contributed by atoms with E-state index >= 15 is 0 Å². The number of nitrogens with one attached hydrogen (secondary N) is 1. The summed E-state index contributed by atoms with van der Waals surface area (Å²) in [7, 11) is 0. The van der Waals surface area contributed by atoms with Crippen LogP contribution in [0.2, 0.25) is 5.02 Å². The first-order valence-corrected chi connectivity index (χ1v) is 11.9. The molecule has 4 heterocycles. The Balaban J connectivity index is 1.37. The summed E-state index contributed by atoms with van der Waals surface area (Å²) in [5.74, 6) is -1.44. The van der Waals surface area contributed by atoms with Gasteiger partial charge in [0.05, 0.1) is 27.7 Å². The summed E-state index contributed by atoms with van der Waals surface area (Å²) in [6.07, 6.45) is 6.03. The molecule has 1 N–H and O–H groups in total. The maximum Gasteiger partial charge on any atom is 0.333 e. The summed E-state index contributed by atoms with van der Waals surface area (Å²) < 4.78 is 42.5. The van der Waals surface area contributed by atoms with Gasteiger partial charge in [-0.1, -0.05) is 11.6 Å². The number of hydrogen-bond donors (Lipinski definition) is 1. The average Bonchev–Trinajstić information content (AvgIpc) is 3.60. The van der Waals surface area contributed by atoms with E-state index in [-0.39, 0.29) is 18.0 Å². The van der Waals surface area contributed by atoms with E-state index in [9.17, 15) is 18.0 Å². The predicted molar refractivity (Wildman–Crippen MR) is 131 cm³/mol. The Morgan fingerprint density at radius 1 is 1.16 bits per heavy atom. The second kappa shape index (κ2) is 8.91. The summed E-state index contributed by atoms with van der Waals surface area (Å²) >= 11 is 6.45. The number of hydrogen-bond acceptors (Lipinski definition) is 6. The molecule has 9 nitrogen and oxygen atoms in total. The standard InChI is InChI=1S/C25H18ClF3N8O/c1-25(18-5-8-36(34-18)24(28)29)11-15(16-12-32-20-10-19(27)35-37(20)21(16)25)23(38)33-13-3-4-14(17(26)9-13)22-30-6-2-7-31-22/h2-10,12,15,24H,11H2,1H3,(H,33,38). The van der Waals surface area contributed by atoms with Crippen molar-refractivity contribution in [2.45, 2.75) is 31.2 Å². The molecule has 13 heteroatoms. The third kappa shape index (κ3) is 3.88. The molecule has 1 amide bonds. The second-order valence-electron chi connectivity index (χ2n) is 9.10. The lowest BCUT2D eigenvalue weighted by atomic mass is 9.82. The Bertz CT molecular complexity index is 1690. The van der Waals surface area contributed by atoms with Gasteiger partial charge < -0.3 is 5.32 Å². The van der Waals surface area contributed by atoms with Gasteiger partial charge in [0.1, 0.15) is 0 Å². The number of nitrogens with zero attached hydrogens (tertiary/aromatic N) is 7. The predicted octanol–water partition coefficient (Wildman–Crippen LogP) is 5.00. The number of carbonyl (C=O) groups is 1. The molecule has 0 radical (unpaired) electrons. The molecule has 38 heavy (non-hydrogen) atoms. The van der Waals surface area contributed by atoms with Crippen molar-refractivity contribution in [1.82, 2.24) is 34.3 Å². The van der Waals surface area contributed by atoms with Crippen LogP contribution in [0, 0.1) is 5.95 Å². The quantitative estimate of drug-likeness (QED) is 0.338. The van der Waals surface area contributed by atoms with Crippen LogP contribution in [0.4, 0.5) is 18.9 Å². The van der Waals surface area contributed by atoms with Gasteiger partial charge in [-0.25, -0.2) is 24.1 Å². The zero-order valence-corrected chi connectivity index (χ0v) is 20.4. The Labute approximate surface area is 218 Å². The molecule has 0 saturated heterocycles. The summed E-state index contributed by atoms with van der Waals surface area (Å²) in [6.45, 7) is -1.07. The molecule has 0 fully saturated rings. The lowest BCUT2D eigenvalue weighted by molar-refractivity contribution is -0.117. The number of rotatable bonds is 5. The second-order valence-corrected chi connectivity index (χ2v) is 9.51. The summed E-state index contributed by atoms with van der Waals surface area (Å²) in [5, 5.41) is 11.2. The Morgan fingerprint density at radius 3 is 2.66 bits per heavy atom. The molecular formula is C25H18ClF3N8O. The van der Waals surface area contributed by atoms with Gasteiger partial charge in [-0.05, 0) is 43.7 Å². The minimum Gasteiger partial charge on any atom is -0.326 e. The van der Waals surface area contributed by atoms with Crippen LogP contribution in [0.3, 0.4) is 0 Å². The van der Waals surface area contributed by atoms with Crippen LogP contribution in [0.5, 0.6) is 0 Å². The lowest BCUT2D eigenvalue weighted by Crippen LogP contribution is -2.26. The van der Waals surface area contributed by atoms with E-state index in [2.05, 4.69) is 30.5 Å². The van der Waals surface area contributed by atoms with Gasteiger partial charge in [0.25, 0.3) is 0 Å². The van der Waals surface area contributed by atoms with Crippen molar-refractivity contribution < 1.29 is 18.0 Å². The largest absolute Gasteiger partial charge is 0.333 e. The van der Waals surface area contributed by atoms with Crippen molar-refractivity contribution in [1.29, 1.82) is 0 Å². The van der Waals surface area contributed by atoms with Crippen LogP contribution in [-0.4, -0.2) is 40.3 Å². The number of aromatic nitrogens is 7. The molecule has 1 aliphatic rings. The van der Waals surface area contributed by atoms with Gasteiger partial charge in [-0.15, -0.1) is 5.10 Å². The smallest absolute Gasteiger partial charge is 0.326 e. The summed E-state index contributed by atoms with van der Waals surface area (Å²) in [4.78, 5) is 26.2. The molecule has 1 aromatic carbocycles. The van der Waals surface area contributed by atoms with Crippen molar-refractivity contribution in [3.8, 4) is 11.4 Å². The number of alkyl halides is 2. The molecule has 6 rings (SSSR count). The molecule has 0 spiro atoms. The van der Waals surface area contributed by atoms with Crippen molar-refractivity contribution in [3.05, 3.63) is 89.1 Å². The first-order valence-electron chi connectivity index (χ1n) is 11.5. The normalized spacial score (nSPS) is 18.7. The Morgan fingerprint density at radius 2 is 1.95 bits per heavy atom. The highest BCUT2D eigenvalue weighted by Gasteiger charge is 2.48. The summed E-state index contributed by atoms with van der Waals surface area (Å²) in [5.41, 5.74) is 1.49. The van der Waals surface area contributed by atoms with Crippen LogP contribution in [0.1, 0.15) is 42.8 Å². The number of halogens is 4. The Kier molecular flexibility index (Phi) is 5.64. The van der Waals surface area contributed by atoms with E-state index in [0.29, 0.717) is 43.7 Å². The number of amides is 1. The van der Waals surface area contributed by atoms with Crippen LogP contribution < -0.4 is 5.32 Å². The highest BCUT2D eigenvalue weighted by atomic mass is 35.5. The van der Waals surface area contributed by atoms with E-state index < -0.39 is 23.8 Å². The minimum absolute atomic E-state index is 0.167. The molecule has 1 aliphatic carbocycles. The molecule has 0 saturated carbocycles. The van der Waals surface area contributed by atoms with Gasteiger partial charge in [0.2, 0.25) is 11.9 Å². The fourth-order valence-electron chi connectivity index (χ4n) is 4.98. The molecule has 0 bridgehead atoms. The van der Waals surface area contributed by atoms with E-state index in [1.54, 1.807) is 43.6 Å². The third-order valence-corrected chi connectivity index (χ3v) is 7.04. The maximum atomic E-state index is 14.1. The van der Waals surface area contributed by atoms with E-state index in [1.165, 1.54) is 23.0 Å². The van der Waals surface area contributed by atoms with E-state index in [4.69, 9.17) is 11.6 Å². The first kappa shape index (κ1) is 24.0. The zero-order chi connectivity index (χ0) is 26.6. The highest BCUT2D eigenvalue weighted by molar-refractivity contribution is 6.33. The van der Waals surface area contributed by atoms with E-state index in [0.717, 1.165) is 6.07 Å². The van der Waals surface area contributed by atoms with Crippen LogP contribution in [0.15, 0.2) is 61.2 Å². The summed E-state index contributed by atoms with van der Waals surface area (Å²) in [6, 6.07) is 9.29. The molecule has 5 aromatic rings. The topological polar surface area (TPSA) is 103 Å². The van der Waals surface area contributed by atoms with Gasteiger partial charge in [-0.2, -0.15) is 18.3 Å². The van der Waals surface area contributed by atoms with Crippen LogP contribution in [-0.2, 0) is 10.2 Å². The maximum absolute atomic E-state index is 14.1. The van der Waals surface area contributed by atoms with Crippen molar-refractivity contribution in [2.75, 3.05) is 5.32 Å². The zero-order valence-electron chi connectivity index (χ0n) is 19.7. The van der Waals surface area contributed by atoms with Gasteiger partial charge >= 0.3 is 6.55 Å². The molecule has 2 atom stereocenters. The number of fused-ring (bicyclic) bond motifs is 3. The number of anilines is 1. The third-order valence-electron chi connectivity index (χ3n) is 6.73. The fourth-order valence-corrected chi connectivity index (χ4v) is 5.25. The first-order chi connectivity index (χ1) is 18.2. The molecule has 2 unspecified atom stereocenters. The average molecular weight is 539 g/mol. The van der Waals surface area contributed by atoms with Gasteiger partial charge in [0.15, 0.2) is 11.5 Å². The fraction of sp³-hybridized carbons (Fsp3) is 0.200. The van der Waals surface area contributed by atoms with Crippen LogP contribution >= 0.6 is 11.6 Å². The SMILES string of the molecule is CC1(c2ccn(C(F)F)n2)CC(C(=O)Nc2ccc(-c3ncccn3)c(Cl)c2)c2cnc3cc(F)nn3c21. The highest BCUT2D eigenvalue weighted by Crippen LogP contribution is 2.49. The molecule has 4 aromatic heterocycles. The molecule has 192 valence electrons. The Hall–Kier alpha value is -4.32. The van der Waals surface area contributed by atoms with Crippen LogP contribution in [0.25, 0.3) is 17.0 Å². The molecule has 0 aliphatic heterocycles. The van der Waals surface area contributed by atoms with Crippen molar-refractivity contribution in [3.63, 3.8) is 0 Å². The minimum atomic E-state index is -2.83.